The van der Waals surface area contributed by atoms with Crippen LogP contribution in [0.1, 0.15) is 30.4 Å². The lowest BCUT2D eigenvalue weighted by atomic mass is 9.72. The van der Waals surface area contributed by atoms with Crippen molar-refractivity contribution in [1.82, 2.24) is 4.90 Å². The van der Waals surface area contributed by atoms with E-state index in [-0.39, 0.29) is 19.1 Å². The summed E-state index contributed by atoms with van der Waals surface area (Å²) in [5.74, 6) is 0.255. The number of piperidine rings is 1. The molecule has 1 aliphatic rings. The largest absolute Gasteiger partial charge is 0.494 e. The first kappa shape index (κ1) is 28.0. The summed E-state index contributed by atoms with van der Waals surface area (Å²) in [4.78, 5) is 2.32. The van der Waals surface area contributed by atoms with Crippen LogP contribution in [0.4, 0.5) is 8.78 Å². The van der Waals surface area contributed by atoms with Gasteiger partial charge in [-0.05, 0) is 97.9 Å². The van der Waals surface area contributed by atoms with Gasteiger partial charge in [0.05, 0.1) is 13.2 Å². The molecule has 3 aromatic rings. The van der Waals surface area contributed by atoms with Crippen LogP contribution < -0.4 is 9.47 Å². The van der Waals surface area contributed by atoms with Gasteiger partial charge >= 0.3 is 0 Å². The van der Waals surface area contributed by atoms with E-state index >= 15 is 0 Å². The number of hydrogen-bond acceptors (Lipinski definition) is 6. The van der Waals surface area contributed by atoms with Crippen molar-refractivity contribution in [1.29, 1.82) is 0 Å². The molecule has 1 fully saturated rings. The molecule has 0 bridgehead atoms. The molecular formula is C30H35F2NO5. The summed E-state index contributed by atoms with van der Waals surface area (Å²) in [6, 6.07) is 19.0. The molecule has 0 radical (unpaired) electrons. The number of ether oxygens (including phenoxy) is 2. The van der Waals surface area contributed by atoms with Gasteiger partial charge in [-0.15, -0.1) is 0 Å². The zero-order valence-electron chi connectivity index (χ0n) is 21.3. The first-order chi connectivity index (χ1) is 18.4. The summed E-state index contributed by atoms with van der Waals surface area (Å²) < 4.78 is 39.4. The molecule has 6 nitrogen and oxygen atoms in total. The van der Waals surface area contributed by atoms with Crippen LogP contribution in [0.2, 0.25) is 0 Å². The molecule has 3 N–H and O–H groups in total. The minimum atomic E-state index is -1.48. The third-order valence-corrected chi connectivity index (χ3v) is 7.07. The predicted molar refractivity (Wildman–Crippen MR) is 140 cm³/mol. The number of aliphatic hydroxyl groups is 3. The molecular weight excluding hydrogens is 492 g/mol. The number of halogens is 2. The molecule has 1 saturated heterocycles. The van der Waals surface area contributed by atoms with E-state index in [9.17, 15) is 19.0 Å². The maximum atomic E-state index is 14.1. The zero-order chi connectivity index (χ0) is 27.0. The molecule has 1 aliphatic heterocycles. The van der Waals surface area contributed by atoms with E-state index in [4.69, 9.17) is 14.6 Å². The normalized spacial score (nSPS) is 15.8. The van der Waals surface area contributed by atoms with Crippen molar-refractivity contribution >= 4 is 0 Å². The number of nitrogens with zero attached hydrogens (tertiary/aromatic N) is 1. The van der Waals surface area contributed by atoms with Crippen LogP contribution in [0.3, 0.4) is 0 Å². The van der Waals surface area contributed by atoms with Gasteiger partial charge < -0.3 is 29.7 Å². The van der Waals surface area contributed by atoms with E-state index in [0.29, 0.717) is 42.1 Å². The van der Waals surface area contributed by atoms with Crippen LogP contribution in [-0.4, -0.2) is 65.8 Å². The maximum absolute atomic E-state index is 14.1. The van der Waals surface area contributed by atoms with Gasteiger partial charge in [0.1, 0.15) is 41.4 Å². The predicted octanol–water partition coefficient (Wildman–Crippen LogP) is 4.11. The van der Waals surface area contributed by atoms with Gasteiger partial charge in [0.15, 0.2) is 0 Å². The van der Waals surface area contributed by atoms with Crippen molar-refractivity contribution in [2.75, 3.05) is 39.5 Å². The van der Waals surface area contributed by atoms with Crippen molar-refractivity contribution in [2.45, 2.75) is 31.0 Å². The average Bonchev–Trinajstić information content (AvgIpc) is 2.94. The Labute approximate surface area is 222 Å². The fourth-order valence-corrected chi connectivity index (χ4v) is 5.02. The minimum absolute atomic E-state index is 0.0231. The van der Waals surface area contributed by atoms with Crippen molar-refractivity contribution in [3.8, 4) is 11.5 Å². The summed E-state index contributed by atoms with van der Waals surface area (Å²) >= 11 is 0. The summed E-state index contributed by atoms with van der Waals surface area (Å²) in [6.45, 7) is 2.59. The van der Waals surface area contributed by atoms with E-state index < -0.39 is 23.3 Å². The highest BCUT2D eigenvalue weighted by molar-refractivity contribution is 5.38. The zero-order valence-corrected chi connectivity index (χ0v) is 21.3. The number of aliphatic hydroxyl groups excluding tert-OH is 2. The van der Waals surface area contributed by atoms with Crippen molar-refractivity contribution in [2.24, 2.45) is 5.92 Å². The number of benzene rings is 3. The summed E-state index contributed by atoms with van der Waals surface area (Å²) in [7, 11) is 0. The molecule has 0 spiro atoms. The quantitative estimate of drug-likeness (QED) is 0.308. The second-order valence-electron chi connectivity index (χ2n) is 9.72. The van der Waals surface area contributed by atoms with Crippen LogP contribution in [0, 0.1) is 17.6 Å². The first-order valence-electron chi connectivity index (χ1n) is 13.0. The average molecular weight is 528 g/mol. The Hall–Kier alpha value is -3.04. The van der Waals surface area contributed by atoms with Gasteiger partial charge in [-0.1, -0.05) is 24.3 Å². The second-order valence-corrected chi connectivity index (χ2v) is 9.72. The summed E-state index contributed by atoms with van der Waals surface area (Å²) in [6.07, 6.45) is 1.30. The van der Waals surface area contributed by atoms with Gasteiger partial charge in [0, 0.05) is 6.54 Å². The maximum Gasteiger partial charge on any atom is 0.123 e. The Balaban J connectivity index is 1.28. The topological polar surface area (TPSA) is 82.4 Å². The van der Waals surface area contributed by atoms with Gasteiger partial charge in [-0.25, -0.2) is 8.78 Å². The van der Waals surface area contributed by atoms with Crippen molar-refractivity contribution < 1.29 is 33.6 Å². The van der Waals surface area contributed by atoms with E-state index in [1.54, 1.807) is 48.5 Å². The molecule has 0 saturated carbocycles. The standard InChI is InChI=1S/C30H35F2NO5/c31-25-6-1-4-23(18-25)30(36,24-5-2-7-26(32)19-24)22-12-15-33(16-13-22)14-3-17-37-28-8-10-29(11-9-28)38-21-27(35)20-34/h1-2,4-11,18-19,22,27,34-36H,3,12-17,20-21H2. The lowest BCUT2D eigenvalue weighted by Crippen LogP contribution is -2.44. The minimum Gasteiger partial charge on any atom is -0.494 e. The van der Waals surface area contributed by atoms with Gasteiger partial charge in [-0.3, -0.25) is 0 Å². The SMILES string of the molecule is OCC(O)COc1ccc(OCCCN2CCC(C(O)(c3cccc(F)c3)c3cccc(F)c3)CC2)cc1. The molecule has 3 aromatic carbocycles. The third kappa shape index (κ3) is 7.08. The number of hydrogen-bond donors (Lipinski definition) is 3. The Morgan fingerprint density at radius 3 is 1.95 bits per heavy atom. The Morgan fingerprint density at radius 2 is 1.42 bits per heavy atom. The molecule has 204 valence electrons. The summed E-state index contributed by atoms with van der Waals surface area (Å²) in [5.41, 5.74) is -0.599. The van der Waals surface area contributed by atoms with E-state index in [1.165, 1.54) is 24.3 Å². The molecule has 0 aliphatic carbocycles. The molecule has 1 unspecified atom stereocenters. The number of likely N-dealkylation sites (tertiary alicyclic amines) is 1. The van der Waals surface area contributed by atoms with Gasteiger partial charge in [0.2, 0.25) is 0 Å². The summed E-state index contributed by atoms with van der Waals surface area (Å²) in [5, 5.41) is 30.1. The first-order valence-corrected chi connectivity index (χ1v) is 13.0. The number of rotatable bonds is 12. The van der Waals surface area contributed by atoms with Gasteiger partial charge in [0.25, 0.3) is 0 Å². The molecule has 8 heteroatoms. The second kappa shape index (κ2) is 13.2. The van der Waals surface area contributed by atoms with E-state index in [1.807, 2.05) is 0 Å². The molecule has 1 atom stereocenters. The highest BCUT2D eigenvalue weighted by Crippen LogP contribution is 2.42. The van der Waals surface area contributed by atoms with E-state index in [0.717, 1.165) is 26.1 Å². The van der Waals surface area contributed by atoms with Gasteiger partial charge in [-0.2, -0.15) is 0 Å². The highest BCUT2D eigenvalue weighted by atomic mass is 19.1. The molecule has 38 heavy (non-hydrogen) atoms. The van der Waals surface area contributed by atoms with Crippen LogP contribution in [0.5, 0.6) is 11.5 Å². The highest BCUT2D eigenvalue weighted by Gasteiger charge is 2.42. The van der Waals surface area contributed by atoms with Crippen LogP contribution in [-0.2, 0) is 5.60 Å². The fourth-order valence-electron chi connectivity index (χ4n) is 5.02. The Kier molecular flexibility index (Phi) is 9.69. The molecule has 4 rings (SSSR count). The smallest absolute Gasteiger partial charge is 0.123 e. The van der Waals surface area contributed by atoms with Crippen LogP contribution in [0.25, 0.3) is 0 Å². The van der Waals surface area contributed by atoms with Crippen molar-refractivity contribution in [3.63, 3.8) is 0 Å². The molecule has 0 aromatic heterocycles. The van der Waals surface area contributed by atoms with Crippen LogP contribution >= 0.6 is 0 Å². The lowest BCUT2D eigenvalue weighted by Gasteiger charge is -2.42. The van der Waals surface area contributed by atoms with E-state index in [2.05, 4.69) is 4.90 Å². The van der Waals surface area contributed by atoms with Crippen LogP contribution in [0.15, 0.2) is 72.8 Å². The Bertz CT molecular complexity index is 1110. The molecule has 0 amide bonds. The Morgan fingerprint density at radius 1 is 0.868 bits per heavy atom. The lowest BCUT2D eigenvalue weighted by molar-refractivity contribution is -0.0150. The van der Waals surface area contributed by atoms with Crippen molar-refractivity contribution in [3.05, 3.63) is 95.6 Å². The molecule has 1 heterocycles. The fraction of sp³-hybridized carbons (Fsp3) is 0.400. The third-order valence-electron chi connectivity index (χ3n) is 7.07. The monoisotopic (exact) mass is 527 g/mol.